The smallest absolute Gasteiger partial charge is 0.255 e. The molecule has 0 fully saturated rings. The fraction of sp³-hybridized carbons (Fsp3) is 0.576. The summed E-state index contributed by atoms with van der Waals surface area (Å²) < 4.78 is -0.421. The highest BCUT2D eigenvalue weighted by molar-refractivity contribution is 8.01. The van der Waals surface area contributed by atoms with Crippen molar-refractivity contribution >= 4 is 23.6 Å². The Morgan fingerprint density at radius 1 is 0.795 bits per heavy atom. The van der Waals surface area contributed by atoms with E-state index >= 15 is 0 Å². The molecule has 6 heteroatoms. The van der Waals surface area contributed by atoms with Gasteiger partial charge in [-0.05, 0) is 69.3 Å². The molecule has 0 bridgehead atoms. The Kier molecular flexibility index (Phi) is 19.8. The van der Waals surface area contributed by atoms with Crippen molar-refractivity contribution < 1.29 is 14.7 Å². The zero-order chi connectivity index (χ0) is 28.6. The number of nitrogens with one attached hydrogen (secondary N) is 2. The zero-order valence-electron chi connectivity index (χ0n) is 24.6. The molecule has 0 aliphatic rings. The van der Waals surface area contributed by atoms with E-state index in [2.05, 4.69) is 67.9 Å². The number of allylic oxidation sites excluding steroid dienone is 6. The third kappa shape index (κ3) is 15.0. The molecule has 0 spiro atoms. The number of aromatic hydroxyl groups is 1. The number of phenols is 1. The maximum absolute atomic E-state index is 13.0. The quantitative estimate of drug-likeness (QED) is 0.0995. The predicted molar refractivity (Wildman–Crippen MR) is 168 cm³/mol. The second-order valence-electron chi connectivity index (χ2n) is 9.78. The van der Waals surface area contributed by atoms with Crippen LogP contribution in [0.25, 0.3) is 0 Å². The first-order valence-corrected chi connectivity index (χ1v) is 15.9. The molecule has 1 aromatic carbocycles. The maximum Gasteiger partial charge on any atom is 0.255 e. The molecule has 2 amide bonds. The van der Waals surface area contributed by atoms with Gasteiger partial charge >= 0.3 is 0 Å². The maximum atomic E-state index is 13.0. The highest BCUT2D eigenvalue weighted by Crippen LogP contribution is 2.33. The van der Waals surface area contributed by atoms with Gasteiger partial charge in [-0.2, -0.15) is 0 Å². The summed E-state index contributed by atoms with van der Waals surface area (Å²) in [6.07, 6.45) is 26.8. The van der Waals surface area contributed by atoms with Gasteiger partial charge in [-0.25, -0.2) is 0 Å². The molecule has 0 atom stereocenters. The number of carbonyl (C=O) groups is 2. The van der Waals surface area contributed by atoms with Crippen molar-refractivity contribution in [1.29, 1.82) is 0 Å². The lowest BCUT2D eigenvalue weighted by atomic mass is 10.0. The average Bonchev–Trinajstić information content (AvgIpc) is 2.95. The van der Waals surface area contributed by atoms with Crippen molar-refractivity contribution in [2.24, 2.45) is 0 Å². The van der Waals surface area contributed by atoms with E-state index in [1.54, 1.807) is 30.0 Å². The molecular weight excluding hydrogens is 504 g/mol. The van der Waals surface area contributed by atoms with E-state index in [9.17, 15) is 14.7 Å². The molecule has 0 aliphatic carbocycles. The molecule has 0 unspecified atom stereocenters. The molecule has 0 radical (unpaired) electrons. The summed E-state index contributed by atoms with van der Waals surface area (Å²) >= 11 is 1.78. The van der Waals surface area contributed by atoms with Gasteiger partial charge in [0.1, 0.15) is 5.75 Å². The van der Waals surface area contributed by atoms with Crippen molar-refractivity contribution in [1.82, 2.24) is 10.6 Å². The van der Waals surface area contributed by atoms with Crippen LogP contribution in [-0.4, -0.2) is 40.5 Å². The predicted octanol–water partition coefficient (Wildman–Crippen LogP) is 8.12. The molecule has 0 aliphatic heterocycles. The highest BCUT2D eigenvalue weighted by Gasteiger charge is 2.34. The van der Waals surface area contributed by atoms with Gasteiger partial charge in [0.15, 0.2) is 0 Å². The van der Waals surface area contributed by atoms with Crippen molar-refractivity contribution in [3.63, 3.8) is 0 Å². The van der Waals surface area contributed by atoms with Gasteiger partial charge in [-0.1, -0.05) is 95.0 Å². The van der Waals surface area contributed by atoms with Crippen LogP contribution >= 0.6 is 11.8 Å². The summed E-state index contributed by atoms with van der Waals surface area (Å²) in [5.74, 6) is 0.647. The van der Waals surface area contributed by atoms with Gasteiger partial charge in [0.2, 0.25) is 5.91 Å². The van der Waals surface area contributed by atoms with Gasteiger partial charge in [-0.15, -0.1) is 11.8 Å². The standard InChI is InChI=1S/C33H52N2O3S/c1-4-7-8-9-10-11-12-13-14-15-16-17-18-19-20-23-28-39-33(5-2,6-3)32(38)35-27-26-34-31(37)29-24-21-22-25-30(29)36/h7-8,10-11,13-14,21-22,24-25,36H,4-6,9,12,15-20,23,26-28H2,1-3H3,(H,34,37)(H,35,38)/b8-7-,11-10-,14-13-. The van der Waals surface area contributed by atoms with E-state index in [4.69, 9.17) is 0 Å². The van der Waals surface area contributed by atoms with Crippen LogP contribution in [-0.2, 0) is 4.79 Å². The third-order valence-corrected chi connectivity index (χ3v) is 8.63. The first-order valence-electron chi connectivity index (χ1n) is 14.9. The summed E-state index contributed by atoms with van der Waals surface area (Å²) in [6.45, 7) is 6.99. The molecule has 1 aromatic rings. The van der Waals surface area contributed by atoms with E-state index in [-0.39, 0.29) is 23.1 Å². The lowest BCUT2D eigenvalue weighted by molar-refractivity contribution is -0.123. The van der Waals surface area contributed by atoms with Gasteiger partial charge in [-0.3, -0.25) is 9.59 Å². The minimum absolute atomic E-state index is 0.0474. The summed E-state index contributed by atoms with van der Waals surface area (Å²) in [5, 5.41) is 15.6. The van der Waals surface area contributed by atoms with Gasteiger partial charge in [0.25, 0.3) is 5.91 Å². The largest absolute Gasteiger partial charge is 0.507 e. The van der Waals surface area contributed by atoms with E-state index < -0.39 is 4.75 Å². The SMILES string of the molecule is CC/C=C\C/C=C\C/C=C\CCCCCCCCSC(CC)(CC)C(=O)NCCNC(=O)c1ccccc1O. The van der Waals surface area contributed by atoms with Crippen LogP contribution < -0.4 is 10.6 Å². The number of benzene rings is 1. The Hall–Kier alpha value is -2.47. The van der Waals surface area contributed by atoms with Crippen LogP contribution in [0.1, 0.15) is 108 Å². The Bertz CT molecular complexity index is 891. The second-order valence-corrected chi connectivity index (χ2v) is 11.3. The van der Waals surface area contributed by atoms with Crippen LogP contribution in [0.3, 0.4) is 0 Å². The highest BCUT2D eigenvalue weighted by atomic mass is 32.2. The van der Waals surface area contributed by atoms with Crippen molar-refractivity contribution in [2.45, 2.75) is 103 Å². The number of hydrogen-bond acceptors (Lipinski definition) is 4. The number of amides is 2. The number of carbonyl (C=O) groups excluding carboxylic acids is 2. The van der Waals surface area contributed by atoms with E-state index in [1.165, 1.54) is 44.6 Å². The van der Waals surface area contributed by atoms with Crippen molar-refractivity contribution in [3.8, 4) is 5.75 Å². The number of unbranched alkanes of at least 4 members (excludes halogenated alkanes) is 6. The van der Waals surface area contributed by atoms with Crippen LogP contribution in [0.4, 0.5) is 0 Å². The first kappa shape index (κ1) is 34.6. The second kappa shape index (κ2) is 22.4. The zero-order valence-corrected chi connectivity index (χ0v) is 25.4. The van der Waals surface area contributed by atoms with Crippen LogP contribution in [0.2, 0.25) is 0 Å². The molecule has 5 nitrogen and oxygen atoms in total. The molecule has 39 heavy (non-hydrogen) atoms. The number of para-hydroxylation sites is 1. The summed E-state index contributed by atoms with van der Waals surface area (Å²) in [4.78, 5) is 25.2. The topological polar surface area (TPSA) is 78.4 Å². The number of hydrogen-bond donors (Lipinski definition) is 3. The molecule has 218 valence electrons. The lowest BCUT2D eigenvalue weighted by Crippen LogP contribution is -2.46. The van der Waals surface area contributed by atoms with Crippen molar-refractivity contribution in [2.75, 3.05) is 18.8 Å². The van der Waals surface area contributed by atoms with E-state index in [0.717, 1.165) is 44.3 Å². The number of phenolic OH excluding ortho intramolecular Hbond substituents is 1. The van der Waals surface area contributed by atoms with Gasteiger partial charge in [0.05, 0.1) is 10.3 Å². The summed E-state index contributed by atoms with van der Waals surface area (Å²) in [6, 6.07) is 6.44. The molecule has 1 rings (SSSR count). The summed E-state index contributed by atoms with van der Waals surface area (Å²) in [5.41, 5.74) is 0.238. The molecule has 0 aromatic heterocycles. The Labute approximate surface area is 242 Å². The molecule has 0 saturated carbocycles. The van der Waals surface area contributed by atoms with Crippen LogP contribution in [0.15, 0.2) is 60.7 Å². The van der Waals surface area contributed by atoms with Crippen LogP contribution in [0, 0.1) is 0 Å². The molecule has 3 N–H and O–H groups in total. The minimum atomic E-state index is -0.421. The molecule has 0 saturated heterocycles. The average molecular weight is 557 g/mol. The van der Waals surface area contributed by atoms with Gasteiger partial charge in [0, 0.05) is 13.1 Å². The normalized spacial score (nSPS) is 12.1. The van der Waals surface area contributed by atoms with E-state index in [0.29, 0.717) is 13.1 Å². The molecule has 0 heterocycles. The Balaban J connectivity index is 2.15. The third-order valence-electron chi connectivity index (χ3n) is 6.82. The van der Waals surface area contributed by atoms with Crippen molar-refractivity contribution in [3.05, 3.63) is 66.3 Å². The van der Waals surface area contributed by atoms with Crippen LogP contribution in [0.5, 0.6) is 5.75 Å². The molecular formula is C33H52N2O3S. The van der Waals surface area contributed by atoms with E-state index in [1.807, 2.05) is 0 Å². The number of thioether (sulfide) groups is 1. The minimum Gasteiger partial charge on any atom is -0.507 e. The number of rotatable bonds is 22. The first-order chi connectivity index (χ1) is 19.0. The summed E-state index contributed by atoms with van der Waals surface area (Å²) in [7, 11) is 0. The lowest BCUT2D eigenvalue weighted by Gasteiger charge is -2.30. The Morgan fingerprint density at radius 2 is 1.38 bits per heavy atom. The fourth-order valence-corrected chi connectivity index (χ4v) is 5.63. The van der Waals surface area contributed by atoms with Gasteiger partial charge < -0.3 is 15.7 Å². The Morgan fingerprint density at radius 3 is 2.05 bits per heavy atom. The monoisotopic (exact) mass is 556 g/mol. The fourth-order valence-electron chi connectivity index (χ4n) is 4.28.